The Bertz CT molecular complexity index is 444. The molecular weight excluding hydrogens is 244 g/mol. The van der Waals surface area contributed by atoms with Gasteiger partial charge in [0.1, 0.15) is 11.3 Å². The molecule has 1 aliphatic rings. The zero-order valence-electron chi connectivity index (χ0n) is 11.6. The third-order valence-corrected chi connectivity index (χ3v) is 3.74. The van der Waals surface area contributed by atoms with E-state index in [-0.39, 0.29) is 18.6 Å². The van der Waals surface area contributed by atoms with Crippen molar-refractivity contribution in [2.75, 3.05) is 13.2 Å². The maximum atomic E-state index is 12.1. The first kappa shape index (κ1) is 14.1. The van der Waals surface area contributed by atoms with Crippen molar-refractivity contribution in [3.8, 4) is 0 Å². The highest BCUT2D eigenvalue weighted by molar-refractivity contribution is 5.92. The Morgan fingerprint density at radius 1 is 1.68 bits per heavy atom. The zero-order chi connectivity index (χ0) is 13.9. The van der Waals surface area contributed by atoms with Crippen molar-refractivity contribution in [3.63, 3.8) is 0 Å². The minimum absolute atomic E-state index is 0.147. The van der Waals surface area contributed by atoms with Gasteiger partial charge in [0.2, 0.25) is 0 Å². The summed E-state index contributed by atoms with van der Waals surface area (Å²) in [7, 11) is 0. The van der Waals surface area contributed by atoms with E-state index < -0.39 is 5.60 Å². The second kappa shape index (κ2) is 5.75. The largest absolute Gasteiger partial charge is 0.385 e. The van der Waals surface area contributed by atoms with Crippen molar-refractivity contribution in [2.45, 2.75) is 44.9 Å². The lowest BCUT2D eigenvalue weighted by Gasteiger charge is -2.26. The molecule has 2 rings (SSSR count). The first-order valence-corrected chi connectivity index (χ1v) is 6.84. The molecule has 0 spiro atoms. The summed E-state index contributed by atoms with van der Waals surface area (Å²) in [6, 6.07) is 3.66. The first-order valence-electron chi connectivity index (χ1n) is 6.84. The van der Waals surface area contributed by atoms with Crippen LogP contribution in [-0.2, 0) is 11.3 Å². The van der Waals surface area contributed by atoms with Crippen LogP contribution in [0.15, 0.2) is 18.3 Å². The normalized spacial score (nSPS) is 26.6. The summed E-state index contributed by atoms with van der Waals surface area (Å²) in [5, 5.41) is 13.1. The number of nitrogens with one attached hydrogen (secondary N) is 1. The van der Waals surface area contributed by atoms with Crippen LogP contribution in [0.25, 0.3) is 0 Å². The molecular formula is C14H22N2O3. The molecule has 1 aromatic rings. The number of ether oxygens (including phenoxy) is 1. The van der Waals surface area contributed by atoms with Gasteiger partial charge in [0.25, 0.3) is 5.91 Å². The van der Waals surface area contributed by atoms with Gasteiger partial charge in [-0.1, -0.05) is 6.92 Å². The van der Waals surface area contributed by atoms with Crippen LogP contribution in [0.4, 0.5) is 0 Å². The molecule has 1 saturated heterocycles. The lowest BCUT2D eigenvalue weighted by molar-refractivity contribution is -0.0252. The van der Waals surface area contributed by atoms with Crippen molar-refractivity contribution in [2.24, 2.45) is 0 Å². The van der Waals surface area contributed by atoms with Gasteiger partial charge < -0.3 is 19.7 Å². The molecule has 0 radical (unpaired) electrons. The van der Waals surface area contributed by atoms with Crippen LogP contribution >= 0.6 is 0 Å². The lowest BCUT2D eigenvalue weighted by atomic mass is 9.97. The smallest absolute Gasteiger partial charge is 0.268 e. The minimum Gasteiger partial charge on any atom is -0.385 e. The molecule has 2 N–H and O–H groups in total. The third-order valence-electron chi connectivity index (χ3n) is 3.74. The Morgan fingerprint density at radius 3 is 3.11 bits per heavy atom. The number of aryl methyl sites for hydroxylation is 1. The van der Waals surface area contributed by atoms with Gasteiger partial charge >= 0.3 is 0 Å². The van der Waals surface area contributed by atoms with Gasteiger partial charge in [-0.05, 0) is 25.5 Å². The van der Waals surface area contributed by atoms with E-state index in [0.29, 0.717) is 18.7 Å². The molecule has 0 aromatic carbocycles. The van der Waals surface area contributed by atoms with E-state index in [4.69, 9.17) is 4.74 Å². The van der Waals surface area contributed by atoms with E-state index in [0.717, 1.165) is 13.0 Å². The second-order valence-electron chi connectivity index (χ2n) is 5.14. The number of nitrogens with zero attached hydrogens (tertiary/aromatic N) is 1. The summed E-state index contributed by atoms with van der Waals surface area (Å²) < 4.78 is 7.27. The molecule has 106 valence electrons. The monoisotopic (exact) mass is 266 g/mol. The van der Waals surface area contributed by atoms with Crippen LogP contribution in [0.5, 0.6) is 0 Å². The molecule has 1 aliphatic heterocycles. The minimum atomic E-state index is -0.947. The van der Waals surface area contributed by atoms with Crippen LogP contribution in [0.1, 0.15) is 37.2 Å². The molecule has 0 saturated carbocycles. The maximum Gasteiger partial charge on any atom is 0.268 e. The zero-order valence-corrected chi connectivity index (χ0v) is 11.6. The molecule has 0 aliphatic carbocycles. The van der Waals surface area contributed by atoms with Gasteiger partial charge in [-0.2, -0.15) is 0 Å². The van der Waals surface area contributed by atoms with Gasteiger partial charge in [-0.25, -0.2) is 0 Å². The van der Waals surface area contributed by atoms with Crippen LogP contribution in [-0.4, -0.2) is 40.4 Å². The lowest BCUT2D eigenvalue weighted by Crippen LogP contribution is -2.47. The topological polar surface area (TPSA) is 63.5 Å². The van der Waals surface area contributed by atoms with Crippen LogP contribution in [0, 0.1) is 0 Å². The number of hydrogen-bond donors (Lipinski definition) is 2. The fourth-order valence-electron chi connectivity index (χ4n) is 2.38. The van der Waals surface area contributed by atoms with E-state index in [2.05, 4.69) is 12.2 Å². The highest BCUT2D eigenvalue weighted by atomic mass is 16.5. The SMILES string of the molecule is CCCn1cccc1C(=O)NCC1(O)CCOC1C. The Labute approximate surface area is 113 Å². The van der Waals surface area contributed by atoms with Crippen molar-refractivity contribution in [3.05, 3.63) is 24.0 Å². The van der Waals surface area contributed by atoms with Crippen LogP contribution < -0.4 is 5.32 Å². The van der Waals surface area contributed by atoms with Gasteiger partial charge in [0.15, 0.2) is 0 Å². The van der Waals surface area contributed by atoms with Gasteiger partial charge in [0, 0.05) is 32.3 Å². The van der Waals surface area contributed by atoms with Crippen molar-refractivity contribution >= 4 is 5.91 Å². The van der Waals surface area contributed by atoms with E-state index in [1.807, 2.05) is 23.8 Å². The van der Waals surface area contributed by atoms with Crippen molar-refractivity contribution in [1.29, 1.82) is 0 Å². The van der Waals surface area contributed by atoms with Crippen molar-refractivity contribution in [1.82, 2.24) is 9.88 Å². The summed E-state index contributed by atoms with van der Waals surface area (Å²) in [4.78, 5) is 12.1. The standard InChI is InChI=1S/C14H22N2O3/c1-3-7-16-8-4-5-12(16)13(17)15-10-14(18)6-9-19-11(14)2/h4-5,8,11,18H,3,6-7,9-10H2,1-2H3,(H,15,17). The summed E-state index contributed by atoms with van der Waals surface area (Å²) in [5.74, 6) is -0.147. The van der Waals surface area contributed by atoms with Crippen LogP contribution in [0.2, 0.25) is 0 Å². The maximum absolute atomic E-state index is 12.1. The molecule has 2 atom stereocenters. The summed E-state index contributed by atoms with van der Waals surface area (Å²) in [5.41, 5.74) is -0.310. The van der Waals surface area contributed by atoms with E-state index in [9.17, 15) is 9.90 Å². The third kappa shape index (κ3) is 2.98. The Hall–Kier alpha value is -1.33. The van der Waals surface area contributed by atoms with Gasteiger partial charge in [-0.15, -0.1) is 0 Å². The number of carbonyl (C=O) groups excluding carboxylic acids is 1. The fourth-order valence-corrected chi connectivity index (χ4v) is 2.38. The van der Waals surface area contributed by atoms with E-state index in [1.54, 1.807) is 6.07 Å². The number of rotatable bonds is 5. The van der Waals surface area contributed by atoms with E-state index in [1.165, 1.54) is 0 Å². The second-order valence-corrected chi connectivity index (χ2v) is 5.14. The van der Waals surface area contributed by atoms with Gasteiger partial charge in [0.05, 0.1) is 6.10 Å². The Kier molecular flexibility index (Phi) is 4.27. The summed E-state index contributed by atoms with van der Waals surface area (Å²) in [6.45, 7) is 5.49. The highest BCUT2D eigenvalue weighted by Crippen LogP contribution is 2.24. The average Bonchev–Trinajstić information content (AvgIpc) is 2.96. The highest BCUT2D eigenvalue weighted by Gasteiger charge is 2.39. The number of carbonyl (C=O) groups is 1. The molecule has 1 fully saturated rings. The fraction of sp³-hybridized carbons (Fsp3) is 0.643. The van der Waals surface area contributed by atoms with Crippen molar-refractivity contribution < 1.29 is 14.6 Å². The number of amides is 1. The molecule has 19 heavy (non-hydrogen) atoms. The quantitative estimate of drug-likeness (QED) is 0.841. The summed E-state index contributed by atoms with van der Waals surface area (Å²) >= 11 is 0. The molecule has 1 amide bonds. The van der Waals surface area contributed by atoms with Crippen LogP contribution in [0.3, 0.4) is 0 Å². The first-order chi connectivity index (χ1) is 9.07. The predicted octanol–water partition coefficient (Wildman–Crippen LogP) is 1.17. The van der Waals surface area contributed by atoms with Gasteiger partial charge in [-0.3, -0.25) is 4.79 Å². The Balaban J connectivity index is 1.96. The number of aliphatic hydroxyl groups is 1. The molecule has 2 heterocycles. The predicted molar refractivity (Wildman–Crippen MR) is 72.0 cm³/mol. The molecule has 5 heteroatoms. The number of aromatic nitrogens is 1. The molecule has 2 unspecified atom stereocenters. The molecule has 1 aromatic heterocycles. The summed E-state index contributed by atoms with van der Waals surface area (Å²) in [6.07, 6.45) is 3.19. The average molecular weight is 266 g/mol. The number of hydrogen-bond acceptors (Lipinski definition) is 3. The molecule has 5 nitrogen and oxygen atoms in total. The Morgan fingerprint density at radius 2 is 2.47 bits per heavy atom. The molecule has 0 bridgehead atoms. The van der Waals surface area contributed by atoms with E-state index >= 15 is 0 Å².